The van der Waals surface area contributed by atoms with Gasteiger partial charge in [-0.3, -0.25) is 4.79 Å². The highest BCUT2D eigenvalue weighted by molar-refractivity contribution is 7.81. The summed E-state index contributed by atoms with van der Waals surface area (Å²) in [4.78, 5) is 16.1. The fourth-order valence-corrected chi connectivity index (χ4v) is 3.72. The Morgan fingerprint density at radius 3 is 3.05 bits per heavy atom. The fourth-order valence-electron chi connectivity index (χ4n) is 2.69. The number of thiazole rings is 1. The maximum atomic E-state index is 11.8. The van der Waals surface area contributed by atoms with Gasteiger partial charge in [-0.25, -0.2) is 4.98 Å². The lowest BCUT2D eigenvalue weighted by Gasteiger charge is -2.14. The number of carbonyl (C=O) groups excluding carboxylic acids is 1. The molecule has 0 saturated carbocycles. The van der Waals surface area contributed by atoms with Gasteiger partial charge in [0.1, 0.15) is 5.01 Å². The normalized spacial score (nSPS) is 21.0. The molecule has 116 valence electrons. The summed E-state index contributed by atoms with van der Waals surface area (Å²) in [5.41, 5.74) is 2.63. The second-order valence-corrected chi connectivity index (χ2v) is 7.15. The molecule has 6 heteroatoms. The van der Waals surface area contributed by atoms with Crippen molar-refractivity contribution in [3.05, 3.63) is 35.3 Å². The van der Waals surface area contributed by atoms with Crippen LogP contribution >= 0.6 is 24.0 Å². The molecule has 0 aliphatic carbocycles. The predicted molar refractivity (Wildman–Crippen MR) is 95.2 cm³/mol. The van der Waals surface area contributed by atoms with Gasteiger partial charge < -0.3 is 10.6 Å². The van der Waals surface area contributed by atoms with Gasteiger partial charge in [0.05, 0.1) is 0 Å². The number of hydrogen-bond acceptors (Lipinski definition) is 6. The van der Waals surface area contributed by atoms with Crippen LogP contribution in [0.1, 0.15) is 23.7 Å². The number of nitrogens with zero attached hydrogens (tertiary/aromatic N) is 1. The van der Waals surface area contributed by atoms with Crippen molar-refractivity contribution in [3.63, 3.8) is 0 Å². The van der Waals surface area contributed by atoms with E-state index in [1.165, 1.54) is 0 Å². The van der Waals surface area contributed by atoms with E-state index in [0.717, 1.165) is 41.3 Å². The average molecular weight is 333 g/mol. The van der Waals surface area contributed by atoms with Gasteiger partial charge in [0, 0.05) is 52.8 Å². The summed E-state index contributed by atoms with van der Waals surface area (Å²) in [6, 6.07) is 6.30. The molecule has 0 amide bonds. The van der Waals surface area contributed by atoms with Crippen molar-refractivity contribution < 1.29 is 4.79 Å². The molecule has 1 aliphatic rings. The van der Waals surface area contributed by atoms with Crippen molar-refractivity contribution in [1.82, 2.24) is 10.3 Å². The largest absolute Gasteiger partial charge is 0.383 e. The molecule has 4 nitrogen and oxygen atoms in total. The van der Waals surface area contributed by atoms with Crippen molar-refractivity contribution in [3.8, 4) is 10.6 Å². The molecule has 2 atom stereocenters. The van der Waals surface area contributed by atoms with E-state index < -0.39 is 0 Å². The fraction of sp³-hybridized carbons (Fsp3) is 0.375. The van der Waals surface area contributed by atoms with Crippen molar-refractivity contribution in [2.75, 3.05) is 18.4 Å². The first kappa shape index (κ1) is 15.5. The first-order valence-corrected chi connectivity index (χ1v) is 8.73. The van der Waals surface area contributed by atoms with Gasteiger partial charge >= 0.3 is 0 Å². The second-order valence-electron chi connectivity index (χ2n) is 5.53. The molecule has 2 N–H and O–H groups in total. The van der Waals surface area contributed by atoms with Crippen LogP contribution in [0.25, 0.3) is 10.6 Å². The third-order valence-corrected chi connectivity index (χ3v) is 5.01. The number of Topliss-reactive ketones (excluding diaryl/α,β-unsaturated/α-hetero) is 1. The van der Waals surface area contributed by atoms with E-state index >= 15 is 0 Å². The molecule has 1 fully saturated rings. The van der Waals surface area contributed by atoms with Crippen molar-refractivity contribution >= 4 is 35.4 Å². The number of ketones is 1. The first-order valence-electron chi connectivity index (χ1n) is 7.33. The minimum absolute atomic E-state index is 0.0622. The molecule has 1 aliphatic heterocycles. The molecular formula is C16H19N3OS2. The van der Waals surface area contributed by atoms with Crippen LogP contribution in [0.4, 0.5) is 5.69 Å². The van der Waals surface area contributed by atoms with Crippen molar-refractivity contribution in [1.29, 1.82) is 0 Å². The highest BCUT2D eigenvalue weighted by atomic mass is 32.1. The second kappa shape index (κ2) is 6.81. The number of thiol groups is 1. The first-order chi connectivity index (χ1) is 10.6. The maximum Gasteiger partial charge on any atom is 0.160 e. The van der Waals surface area contributed by atoms with E-state index in [4.69, 9.17) is 0 Å². The summed E-state index contributed by atoms with van der Waals surface area (Å²) in [7, 11) is 0. The third kappa shape index (κ3) is 3.51. The Labute approximate surface area is 139 Å². The average Bonchev–Trinajstić information content (AvgIpc) is 3.16. The summed E-state index contributed by atoms with van der Waals surface area (Å²) in [5.74, 6) is 0.0622. The molecule has 2 aromatic rings. The van der Waals surface area contributed by atoms with Crippen LogP contribution in [0.2, 0.25) is 0 Å². The molecule has 1 saturated heterocycles. The molecule has 0 spiro atoms. The van der Waals surface area contributed by atoms with E-state index in [1.807, 2.05) is 23.6 Å². The molecule has 0 radical (unpaired) electrons. The number of rotatable bonds is 5. The van der Waals surface area contributed by atoms with Crippen LogP contribution in [0.3, 0.4) is 0 Å². The Kier molecular flexibility index (Phi) is 4.81. The van der Waals surface area contributed by atoms with Gasteiger partial charge in [0.15, 0.2) is 5.78 Å². The van der Waals surface area contributed by atoms with Crippen LogP contribution in [0.15, 0.2) is 29.8 Å². The van der Waals surface area contributed by atoms with E-state index in [9.17, 15) is 4.79 Å². The number of carbonyl (C=O) groups is 1. The molecule has 1 aromatic carbocycles. The van der Waals surface area contributed by atoms with Gasteiger partial charge in [-0.1, -0.05) is 0 Å². The molecule has 3 rings (SSSR count). The maximum absolute atomic E-state index is 11.8. The lowest BCUT2D eigenvalue weighted by atomic mass is 10.0. The summed E-state index contributed by atoms with van der Waals surface area (Å²) >= 11 is 6.04. The highest BCUT2D eigenvalue weighted by Crippen LogP contribution is 2.29. The van der Waals surface area contributed by atoms with E-state index in [0.29, 0.717) is 11.3 Å². The molecule has 22 heavy (non-hydrogen) atoms. The Balaban J connectivity index is 1.78. The van der Waals surface area contributed by atoms with E-state index in [2.05, 4.69) is 28.2 Å². The molecule has 1 aromatic heterocycles. The predicted octanol–water partition coefficient (Wildman–Crippen LogP) is 3.08. The molecule has 2 unspecified atom stereocenters. The zero-order valence-corrected chi connectivity index (χ0v) is 14.1. The summed E-state index contributed by atoms with van der Waals surface area (Å²) in [5, 5.41) is 10.1. The number of nitrogens with one attached hydrogen (secondary N) is 2. The summed E-state index contributed by atoms with van der Waals surface area (Å²) in [6.45, 7) is 3.41. The minimum atomic E-state index is 0.0622. The van der Waals surface area contributed by atoms with Gasteiger partial charge in [-0.05, 0) is 31.5 Å². The zero-order valence-electron chi connectivity index (χ0n) is 12.4. The van der Waals surface area contributed by atoms with Gasteiger partial charge in [0.2, 0.25) is 0 Å². The number of aromatic nitrogens is 1. The Bertz CT molecular complexity index is 657. The van der Waals surface area contributed by atoms with E-state index in [-0.39, 0.29) is 5.78 Å². The van der Waals surface area contributed by atoms with Crippen LogP contribution < -0.4 is 10.6 Å². The molecular weight excluding hydrogens is 314 g/mol. The molecule has 0 bridgehead atoms. The van der Waals surface area contributed by atoms with Crippen LogP contribution in [-0.2, 0) is 0 Å². The topological polar surface area (TPSA) is 54.0 Å². The van der Waals surface area contributed by atoms with Gasteiger partial charge in [-0.2, -0.15) is 12.6 Å². The number of hydrogen-bond donors (Lipinski definition) is 3. The van der Waals surface area contributed by atoms with Crippen molar-refractivity contribution in [2.45, 2.75) is 24.6 Å². The zero-order chi connectivity index (χ0) is 15.5. The van der Waals surface area contributed by atoms with E-state index in [1.54, 1.807) is 24.5 Å². The smallest absolute Gasteiger partial charge is 0.160 e. The van der Waals surface area contributed by atoms with Gasteiger partial charge in [-0.15, -0.1) is 11.3 Å². The van der Waals surface area contributed by atoms with Crippen molar-refractivity contribution in [2.24, 2.45) is 0 Å². The minimum Gasteiger partial charge on any atom is -0.383 e. The summed E-state index contributed by atoms with van der Waals surface area (Å²) < 4.78 is 0. The Morgan fingerprint density at radius 1 is 1.55 bits per heavy atom. The molecule has 2 heterocycles. The number of benzene rings is 1. The third-order valence-electron chi connectivity index (χ3n) is 3.81. The monoisotopic (exact) mass is 333 g/mol. The Hall–Kier alpha value is -1.37. The SMILES string of the molecule is CC(=O)c1ccc(NCC2CC(S)CN2)cc1-c1nccs1. The quantitative estimate of drug-likeness (QED) is 0.581. The Morgan fingerprint density at radius 2 is 2.41 bits per heavy atom. The van der Waals surface area contributed by atoms with Crippen LogP contribution in [0.5, 0.6) is 0 Å². The highest BCUT2D eigenvalue weighted by Gasteiger charge is 2.21. The standard InChI is InChI=1S/C16H19N3OS2/c1-10(20)14-3-2-11(7-15(14)16-17-4-5-22-16)18-8-12-6-13(21)9-19-12/h2-5,7,12-13,18-19,21H,6,8-9H2,1H3. The van der Waals surface area contributed by atoms with Crippen LogP contribution in [0, 0.1) is 0 Å². The number of anilines is 1. The van der Waals surface area contributed by atoms with Gasteiger partial charge in [0.25, 0.3) is 0 Å². The van der Waals surface area contributed by atoms with Crippen LogP contribution in [-0.4, -0.2) is 35.1 Å². The lowest BCUT2D eigenvalue weighted by Crippen LogP contribution is -2.29. The lowest BCUT2D eigenvalue weighted by molar-refractivity contribution is 0.101. The summed E-state index contributed by atoms with van der Waals surface area (Å²) in [6.07, 6.45) is 2.83.